The molecule has 0 aliphatic rings. The van der Waals surface area contributed by atoms with Crippen molar-refractivity contribution in [2.75, 3.05) is 11.9 Å². The van der Waals surface area contributed by atoms with E-state index in [0.29, 0.717) is 29.8 Å². The van der Waals surface area contributed by atoms with Crippen molar-refractivity contribution in [1.82, 2.24) is 0 Å². The van der Waals surface area contributed by atoms with Gasteiger partial charge >= 0.3 is 6.09 Å². The van der Waals surface area contributed by atoms with Crippen molar-refractivity contribution in [3.63, 3.8) is 0 Å². The highest BCUT2D eigenvalue weighted by Gasteiger charge is 2.05. The third-order valence-electron chi connectivity index (χ3n) is 3.90. The fourth-order valence-electron chi connectivity index (χ4n) is 2.45. The minimum atomic E-state index is -0.515. The minimum Gasteiger partial charge on any atom is -0.450 e. The van der Waals surface area contributed by atoms with Gasteiger partial charge in [-0.15, -0.1) is 0 Å². The maximum atomic E-state index is 12.1. The molecular weight excluding hydrogens is 356 g/mol. The first-order valence-corrected chi connectivity index (χ1v) is 8.89. The second-order valence-corrected chi connectivity index (χ2v) is 6.00. The van der Waals surface area contributed by atoms with Crippen molar-refractivity contribution in [1.29, 1.82) is 5.41 Å². The Balaban J connectivity index is 1.87. The molecule has 0 heterocycles. The monoisotopic (exact) mass is 378 g/mol. The zero-order valence-corrected chi connectivity index (χ0v) is 15.6. The van der Waals surface area contributed by atoms with Crippen molar-refractivity contribution >= 4 is 29.6 Å². The lowest BCUT2D eigenvalue weighted by Gasteiger charge is -2.07. The van der Waals surface area contributed by atoms with E-state index in [1.807, 2.05) is 6.07 Å². The Morgan fingerprint density at radius 3 is 2.54 bits per heavy atom. The number of anilines is 1. The maximum absolute atomic E-state index is 12.1. The molecule has 2 N–H and O–H groups in total. The summed E-state index contributed by atoms with van der Waals surface area (Å²) < 4.78 is 4.84. The Labute approximate surface area is 163 Å². The van der Waals surface area contributed by atoms with Crippen molar-refractivity contribution in [2.24, 2.45) is 0 Å². The highest BCUT2D eigenvalue weighted by molar-refractivity contribution is 6.09. The lowest BCUT2D eigenvalue weighted by atomic mass is 10.0. The smallest absolute Gasteiger partial charge is 0.411 e. The van der Waals surface area contributed by atoms with Crippen LogP contribution in [0.1, 0.15) is 34.8 Å². The summed E-state index contributed by atoms with van der Waals surface area (Å²) in [7, 11) is 0. The fraction of sp³-hybridized carbons (Fsp3) is 0.182. The molecule has 0 saturated carbocycles. The molecular formula is C22H22N2O4. The van der Waals surface area contributed by atoms with Crippen LogP contribution in [0, 0.1) is 5.41 Å². The number of benzene rings is 2. The van der Waals surface area contributed by atoms with E-state index in [9.17, 15) is 14.4 Å². The van der Waals surface area contributed by atoms with E-state index in [-0.39, 0.29) is 17.9 Å². The SMILES string of the molecule is CCOC(=O)Nc1cccc(CCC(=O)/C=C\C(=N)c2ccc(C=O)cc2)c1. The molecule has 144 valence electrons. The van der Waals surface area contributed by atoms with Gasteiger partial charge in [-0.05, 0) is 48.8 Å². The largest absolute Gasteiger partial charge is 0.450 e. The number of ether oxygens (including phenoxy) is 1. The summed E-state index contributed by atoms with van der Waals surface area (Å²) in [4.78, 5) is 34.2. The molecule has 2 aromatic rings. The van der Waals surface area contributed by atoms with Crippen molar-refractivity contribution in [2.45, 2.75) is 19.8 Å². The van der Waals surface area contributed by atoms with Crippen molar-refractivity contribution < 1.29 is 19.1 Å². The second kappa shape index (κ2) is 10.6. The van der Waals surface area contributed by atoms with E-state index in [1.165, 1.54) is 12.2 Å². The van der Waals surface area contributed by atoms with Crippen molar-refractivity contribution in [3.05, 3.63) is 77.4 Å². The van der Waals surface area contributed by atoms with Crippen LogP contribution in [0.3, 0.4) is 0 Å². The molecule has 0 spiro atoms. The molecule has 2 rings (SSSR count). The summed E-state index contributed by atoms with van der Waals surface area (Å²) >= 11 is 0. The van der Waals surface area contributed by atoms with Gasteiger partial charge in [-0.2, -0.15) is 0 Å². The number of hydrogen-bond acceptors (Lipinski definition) is 5. The first-order chi connectivity index (χ1) is 13.5. The number of aldehydes is 1. The van der Waals surface area contributed by atoms with E-state index < -0.39 is 6.09 Å². The Hall–Kier alpha value is -3.54. The summed E-state index contributed by atoms with van der Waals surface area (Å²) in [5.41, 5.74) is 2.89. The number of rotatable bonds is 9. The van der Waals surface area contributed by atoms with Crippen LogP contribution in [-0.4, -0.2) is 30.5 Å². The van der Waals surface area contributed by atoms with E-state index in [1.54, 1.807) is 49.4 Å². The molecule has 1 amide bonds. The molecule has 0 atom stereocenters. The van der Waals surface area contributed by atoms with Crippen LogP contribution >= 0.6 is 0 Å². The average Bonchev–Trinajstić information content (AvgIpc) is 2.71. The van der Waals surface area contributed by atoms with E-state index >= 15 is 0 Å². The van der Waals surface area contributed by atoms with E-state index in [0.717, 1.165) is 11.8 Å². The standard InChI is InChI=1S/C22H22N2O4/c1-2-28-22(27)24-19-5-3-4-16(14-19)8-11-20(26)12-13-21(23)18-9-6-17(15-25)7-10-18/h3-7,9-10,12-15,23H,2,8,11H2,1H3,(H,24,27)/b13-12-,23-21?. The van der Waals surface area contributed by atoms with Crippen LogP contribution in [0.2, 0.25) is 0 Å². The third-order valence-corrected chi connectivity index (χ3v) is 3.90. The number of allylic oxidation sites excluding steroid dienone is 2. The predicted molar refractivity (Wildman–Crippen MR) is 108 cm³/mol. The second-order valence-electron chi connectivity index (χ2n) is 6.00. The van der Waals surface area contributed by atoms with Crippen LogP contribution in [-0.2, 0) is 16.0 Å². The first-order valence-electron chi connectivity index (χ1n) is 8.89. The Bertz CT molecular complexity index is 886. The van der Waals surface area contributed by atoms with Gasteiger partial charge < -0.3 is 10.1 Å². The van der Waals surface area contributed by atoms with Crippen molar-refractivity contribution in [3.8, 4) is 0 Å². The summed E-state index contributed by atoms with van der Waals surface area (Å²) in [6.45, 7) is 2.03. The number of ketones is 1. The van der Waals surface area contributed by atoms with Gasteiger partial charge in [0.25, 0.3) is 0 Å². The quantitative estimate of drug-likeness (QED) is 0.388. The molecule has 0 saturated heterocycles. The number of aryl methyl sites for hydroxylation is 1. The minimum absolute atomic E-state index is 0.0991. The van der Waals surface area contributed by atoms with E-state index in [4.69, 9.17) is 10.1 Å². The molecule has 2 aromatic carbocycles. The number of amides is 1. The average molecular weight is 378 g/mol. The van der Waals surface area contributed by atoms with Gasteiger partial charge in [0, 0.05) is 17.7 Å². The number of carbonyl (C=O) groups excluding carboxylic acids is 3. The summed E-state index contributed by atoms with van der Waals surface area (Å²) in [5.74, 6) is -0.0991. The zero-order chi connectivity index (χ0) is 20.4. The van der Waals surface area contributed by atoms with Gasteiger partial charge in [0.1, 0.15) is 6.29 Å². The Morgan fingerprint density at radius 2 is 1.86 bits per heavy atom. The molecule has 0 unspecified atom stereocenters. The van der Waals surface area contributed by atoms with Gasteiger partial charge in [0.05, 0.1) is 12.3 Å². The molecule has 0 aliphatic carbocycles. The number of carbonyl (C=O) groups is 3. The highest BCUT2D eigenvalue weighted by Crippen LogP contribution is 2.13. The molecule has 0 radical (unpaired) electrons. The lowest BCUT2D eigenvalue weighted by Crippen LogP contribution is -2.13. The number of nitrogens with one attached hydrogen (secondary N) is 2. The molecule has 0 aliphatic heterocycles. The van der Waals surface area contributed by atoms with Gasteiger partial charge in [0.15, 0.2) is 5.78 Å². The Kier molecular flexibility index (Phi) is 7.84. The van der Waals surface area contributed by atoms with Gasteiger partial charge in [-0.3, -0.25) is 14.9 Å². The fourth-order valence-corrected chi connectivity index (χ4v) is 2.45. The molecule has 0 aromatic heterocycles. The molecule has 6 heteroatoms. The summed E-state index contributed by atoms with van der Waals surface area (Å²) in [5, 5.41) is 10.6. The van der Waals surface area contributed by atoms with Crippen LogP contribution in [0.4, 0.5) is 10.5 Å². The highest BCUT2D eigenvalue weighted by atomic mass is 16.5. The summed E-state index contributed by atoms with van der Waals surface area (Å²) in [6, 6.07) is 13.8. The predicted octanol–water partition coefficient (Wildman–Crippen LogP) is 4.19. The van der Waals surface area contributed by atoms with Gasteiger partial charge in [0.2, 0.25) is 0 Å². The lowest BCUT2D eigenvalue weighted by molar-refractivity contribution is -0.114. The topological polar surface area (TPSA) is 96.3 Å². The van der Waals surface area contributed by atoms with Gasteiger partial charge in [-0.1, -0.05) is 36.4 Å². The van der Waals surface area contributed by atoms with E-state index in [2.05, 4.69) is 5.32 Å². The molecule has 0 fully saturated rings. The molecule has 28 heavy (non-hydrogen) atoms. The van der Waals surface area contributed by atoms with Gasteiger partial charge in [-0.25, -0.2) is 4.79 Å². The molecule has 0 bridgehead atoms. The van der Waals surface area contributed by atoms with Crippen LogP contribution in [0.15, 0.2) is 60.7 Å². The van der Waals surface area contributed by atoms with Crippen LogP contribution in [0.5, 0.6) is 0 Å². The maximum Gasteiger partial charge on any atom is 0.411 e. The number of hydrogen-bond donors (Lipinski definition) is 2. The van der Waals surface area contributed by atoms with Crippen LogP contribution < -0.4 is 5.32 Å². The zero-order valence-electron chi connectivity index (χ0n) is 15.6. The normalized spacial score (nSPS) is 10.5. The third kappa shape index (κ3) is 6.64. The summed E-state index contributed by atoms with van der Waals surface area (Å²) in [6.07, 6.45) is 3.87. The molecule has 6 nitrogen and oxygen atoms in total. The first kappa shape index (κ1) is 20.8. The van der Waals surface area contributed by atoms with Crippen LogP contribution in [0.25, 0.3) is 0 Å². The Morgan fingerprint density at radius 1 is 1.11 bits per heavy atom.